The lowest BCUT2D eigenvalue weighted by Crippen LogP contribution is -2.46. The maximum Gasteiger partial charge on any atom is 0.194 e. The number of nitrogens with zero attached hydrogens (tertiary/aromatic N) is 4. The Balaban J connectivity index is 0.00000261. The van der Waals surface area contributed by atoms with Crippen LogP contribution in [0.2, 0.25) is 0 Å². The van der Waals surface area contributed by atoms with Crippen LogP contribution in [0.1, 0.15) is 19.8 Å². The molecule has 0 aliphatic carbocycles. The van der Waals surface area contributed by atoms with Crippen LogP contribution in [0.4, 0.5) is 5.69 Å². The summed E-state index contributed by atoms with van der Waals surface area (Å²) in [4.78, 5) is 11.9. The maximum absolute atomic E-state index is 9.73. The molecule has 2 aliphatic rings. The summed E-state index contributed by atoms with van der Waals surface area (Å²) in [6, 6.07) is 10.7. The third-order valence-electron chi connectivity index (χ3n) is 5.19. The Morgan fingerprint density at radius 2 is 1.89 bits per heavy atom. The molecule has 2 N–H and O–H groups in total. The van der Waals surface area contributed by atoms with Gasteiger partial charge < -0.3 is 20.2 Å². The number of aliphatic hydroxyl groups is 1. The molecule has 0 spiro atoms. The summed E-state index contributed by atoms with van der Waals surface area (Å²) in [7, 11) is 0. The van der Waals surface area contributed by atoms with E-state index >= 15 is 0 Å². The van der Waals surface area contributed by atoms with E-state index < -0.39 is 0 Å². The number of guanidine groups is 1. The number of para-hydroxylation sites is 1. The third-order valence-corrected chi connectivity index (χ3v) is 5.19. The molecule has 6 nitrogen and oxygen atoms in total. The largest absolute Gasteiger partial charge is 0.391 e. The van der Waals surface area contributed by atoms with Gasteiger partial charge in [0.1, 0.15) is 0 Å². The zero-order chi connectivity index (χ0) is 18.2. The predicted octanol–water partition coefficient (Wildman–Crippen LogP) is 1.85. The van der Waals surface area contributed by atoms with Crippen LogP contribution in [0.25, 0.3) is 0 Å². The number of β-amino-alcohol motifs (C(OH)–C–C–N with tert-alkyl or cyclic N) is 1. The van der Waals surface area contributed by atoms with Crippen LogP contribution in [-0.2, 0) is 0 Å². The first-order chi connectivity index (χ1) is 12.8. The van der Waals surface area contributed by atoms with E-state index in [4.69, 9.17) is 4.99 Å². The van der Waals surface area contributed by atoms with E-state index in [2.05, 4.69) is 57.3 Å². The van der Waals surface area contributed by atoms with Gasteiger partial charge in [0.25, 0.3) is 0 Å². The molecule has 3 rings (SSSR count). The molecular formula is C20H34IN5O. The molecule has 2 fully saturated rings. The molecule has 1 aromatic rings. The van der Waals surface area contributed by atoms with Crippen molar-refractivity contribution in [2.75, 3.05) is 63.8 Å². The highest BCUT2D eigenvalue weighted by atomic mass is 127. The second-order valence-corrected chi connectivity index (χ2v) is 7.14. The summed E-state index contributed by atoms with van der Waals surface area (Å²) in [5.74, 6) is 0.956. The first kappa shape index (κ1) is 22.2. The number of benzene rings is 1. The van der Waals surface area contributed by atoms with Gasteiger partial charge >= 0.3 is 0 Å². The molecule has 0 bridgehead atoms. The van der Waals surface area contributed by atoms with Gasteiger partial charge in [0, 0.05) is 64.6 Å². The number of rotatable bonds is 6. The van der Waals surface area contributed by atoms with Gasteiger partial charge in [-0.25, -0.2) is 0 Å². The minimum Gasteiger partial charge on any atom is -0.391 e. The summed E-state index contributed by atoms with van der Waals surface area (Å²) in [5, 5.41) is 13.1. The molecule has 0 unspecified atom stereocenters. The molecule has 1 atom stereocenters. The number of halogens is 1. The van der Waals surface area contributed by atoms with Gasteiger partial charge in [0.2, 0.25) is 0 Å². The second-order valence-electron chi connectivity index (χ2n) is 7.14. The van der Waals surface area contributed by atoms with Crippen LogP contribution in [-0.4, -0.2) is 85.9 Å². The molecular weight excluding hydrogens is 453 g/mol. The van der Waals surface area contributed by atoms with E-state index in [1.165, 1.54) is 5.69 Å². The monoisotopic (exact) mass is 487 g/mol. The van der Waals surface area contributed by atoms with Gasteiger partial charge in [-0.15, -0.1) is 24.0 Å². The van der Waals surface area contributed by atoms with Crippen molar-refractivity contribution in [1.82, 2.24) is 15.1 Å². The lowest BCUT2D eigenvalue weighted by atomic mass is 10.2. The topological polar surface area (TPSA) is 54.3 Å². The summed E-state index contributed by atoms with van der Waals surface area (Å²) < 4.78 is 0. The Hall–Kier alpha value is -1.06. The zero-order valence-corrected chi connectivity index (χ0v) is 18.7. The lowest BCUT2D eigenvalue weighted by Gasteiger charge is -2.36. The van der Waals surface area contributed by atoms with E-state index in [0.29, 0.717) is 6.54 Å². The maximum atomic E-state index is 9.73. The Bertz CT molecular complexity index is 563. The molecule has 1 aromatic carbocycles. The zero-order valence-electron chi connectivity index (χ0n) is 16.4. The fourth-order valence-corrected chi connectivity index (χ4v) is 3.71. The Morgan fingerprint density at radius 3 is 2.52 bits per heavy atom. The van der Waals surface area contributed by atoms with Gasteiger partial charge in [-0.1, -0.05) is 18.2 Å². The average Bonchev–Trinajstić information content (AvgIpc) is 3.12. The molecule has 0 saturated carbocycles. The first-order valence-corrected chi connectivity index (χ1v) is 10.00. The summed E-state index contributed by atoms with van der Waals surface area (Å²) in [6.07, 6.45) is 1.71. The number of piperazine rings is 1. The van der Waals surface area contributed by atoms with Crippen LogP contribution in [0.15, 0.2) is 35.3 Å². The quantitative estimate of drug-likeness (QED) is 0.278. The van der Waals surface area contributed by atoms with Crippen LogP contribution >= 0.6 is 24.0 Å². The van der Waals surface area contributed by atoms with Crippen molar-refractivity contribution < 1.29 is 5.11 Å². The molecule has 2 heterocycles. The van der Waals surface area contributed by atoms with Gasteiger partial charge in [0.05, 0.1) is 6.10 Å². The standard InChI is InChI=1S/C20H33N5O.HI/c1-2-21-20(25-12-9-19(26)17-25)22-10-6-11-23-13-15-24(16-14-23)18-7-4-3-5-8-18;/h3-5,7-8,19,26H,2,6,9-17H2,1H3,(H,21,22);1H/t19-;/m1./s1. The van der Waals surface area contributed by atoms with Crippen LogP contribution in [0.5, 0.6) is 0 Å². The van der Waals surface area contributed by atoms with Gasteiger partial charge in [-0.3, -0.25) is 9.89 Å². The molecule has 0 amide bonds. The predicted molar refractivity (Wildman–Crippen MR) is 123 cm³/mol. The van der Waals surface area contributed by atoms with Crippen molar-refractivity contribution in [1.29, 1.82) is 0 Å². The van der Waals surface area contributed by atoms with Crippen molar-refractivity contribution in [2.45, 2.75) is 25.9 Å². The number of hydrogen-bond acceptors (Lipinski definition) is 4. The van der Waals surface area contributed by atoms with Gasteiger partial charge in [0.15, 0.2) is 5.96 Å². The average molecular weight is 487 g/mol. The van der Waals surface area contributed by atoms with Crippen molar-refractivity contribution in [2.24, 2.45) is 4.99 Å². The van der Waals surface area contributed by atoms with Crippen molar-refractivity contribution in [3.63, 3.8) is 0 Å². The third kappa shape index (κ3) is 6.80. The smallest absolute Gasteiger partial charge is 0.194 e. The Labute approximate surface area is 180 Å². The molecule has 7 heteroatoms. The van der Waals surface area contributed by atoms with E-state index in [9.17, 15) is 5.11 Å². The second kappa shape index (κ2) is 11.7. The highest BCUT2D eigenvalue weighted by Crippen LogP contribution is 2.15. The number of likely N-dealkylation sites (tertiary alicyclic amines) is 1. The summed E-state index contributed by atoms with van der Waals surface area (Å²) >= 11 is 0. The molecule has 2 aliphatic heterocycles. The minimum atomic E-state index is -0.209. The first-order valence-electron chi connectivity index (χ1n) is 10.00. The molecule has 0 radical (unpaired) electrons. The van der Waals surface area contributed by atoms with E-state index in [1.54, 1.807) is 0 Å². The highest BCUT2D eigenvalue weighted by Gasteiger charge is 2.22. The van der Waals surface area contributed by atoms with Gasteiger partial charge in [-0.2, -0.15) is 0 Å². The van der Waals surface area contributed by atoms with E-state index in [1.807, 2.05) is 0 Å². The number of nitrogens with one attached hydrogen (secondary N) is 1. The number of anilines is 1. The lowest BCUT2D eigenvalue weighted by molar-refractivity contribution is 0.187. The van der Waals surface area contributed by atoms with Crippen LogP contribution in [0.3, 0.4) is 0 Å². The van der Waals surface area contributed by atoms with Crippen LogP contribution in [0, 0.1) is 0 Å². The van der Waals surface area contributed by atoms with E-state index in [-0.39, 0.29) is 30.1 Å². The normalized spacial score (nSPS) is 21.3. The Morgan fingerprint density at radius 1 is 1.15 bits per heavy atom. The van der Waals surface area contributed by atoms with Gasteiger partial charge in [-0.05, 0) is 31.9 Å². The number of aliphatic imine (C=N–C) groups is 1. The molecule has 0 aromatic heterocycles. The van der Waals surface area contributed by atoms with Crippen molar-refractivity contribution in [3.8, 4) is 0 Å². The molecule has 27 heavy (non-hydrogen) atoms. The number of hydrogen-bond donors (Lipinski definition) is 2. The summed E-state index contributed by atoms with van der Waals surface area (Å²) in [6.45, 7) is 10.9. The summed E-state index contributed by atoms with van der Waals surface area (Å²) in [5.41, 5.74) is 1.33. The Kier molecular flexibility index (Phi) is 9.64. The van der Waals surface area contributed by atoms with Crippen LogP contribution < -0.4 is 10.2 Å². The fourth-order valence-electron chi connectivity index (χ4n) is 3.71. The van der Waals surface area contributed by atoms with E-state index in [0.717, 1.165) is 71.2 Å². The fraction of sp³-hybridized carbons (Fsp3) is 0.650. The SMILES string of the molecule is CCNC(=NCCCN1CCN(c2ccccc2)CC1)N1CC[C@@H](O)C1.I. The highest BCUT2D eigenvalue weighted by molar-refractivity contribution is 14.0. The van der Waals surface area contributed by atoms with Crippen molar-refractivity contribution >= 4 is 35.6 Å². The molecule has 152 valence electrons. The number of aliphatic hydroxyl groups excluding tert-OH is 1. The molecule has 2 saturated heterocycles. The van der Waals surface area contributed by atoms with Crippen molar-refractivity contribution in [3.05, 3.63) is 30.3 Å². The minimum absolute atomic E-state index is 0.